The van der Waals surface area contributed by atoms with Crippen LogP contribution in [0.2, 0.25) is 0 Å². The Morgan fingerprint density at radius 2 is 1.82 bits per heavy atom. The summed E-state index contributed by atoms with van der Waals surface area (Å²) in [5, 5.41) is 2.63. The van der Waals surface area contributed by atoms with Gasteiger partial charge in [-0.1, -0.05) is 28.9 Å². The molecule has 3 heteroatoms. The molecule has 0 amide bonds. The Labute approximate surface area is 163 Å². The van der Waals surface area contributed by atoms with Crippen molar-refractivity contribution in [2.75, 3.05) is 0 Å². The average Bonchev–Trinajstić information content (AvgIpc) is 3.03. The molecule has 1 aliphatic carbocycles. The quantitative estimate of drug-likeness (QED) is 0.323. The minimum absolute atomic E-state index is 0. The molecule has 0 saturated carbocycles. The molecule has 0 saturated heterocycles. The molecule has 0 aliphatic heterocycles. The monoisotopic (exact) mass is 450 g/mol. The van der Waals surface area contributed by atoms with E-state index in [-0.39, 0.29) is 29.7 Å². The van der Waals surface area contributed by atoms with Gasteiger partial charge in [0, 0.05) is 0 Å². The third kappa shape index (κ3) is 9.82. The molecule has 22 heavy (non-hydrogen) atoms. The van der Waals surface area contributed by atoms with Crippen LogP contribution in [0, 0.1) is 42.7 Å². The van der Waals surface area contributed by atoms with Crippen molar-refractivity contribution in [1.82, 2.24) is 0 Å². The van der Waals surface area contributed by atoms with Gasteiger partial charge in [0.25, 0.3) is 0 Å². The number of halogens is 1. The summed E-state index contributed by atoms with van der Waals surface area (Å²) < 4.78 is 1.18. The zero-order valence-corrected chi connectivity index (χ0v) is 19.2. The fourth-order valence-electron chi connectivity index (χ4n) is 1.69. The van der Waals surface area contributed by atoms with Crippen molar-refractivity contribution < 1.29 is 23.3 Å². The Morgan fingerprint density at radius 3 is 2.23 bits per heavy atom. The number of benzene rings is 1. The van der Waals surface area contributed by atoms with Gasteiger partial charge in [0.1, 0.15) is 0 Å². The normalized spacial score (nSPS) is 9.50. The van der Waals surface area contributed by atoms with Crippen molar-refractivity contribution in [2.45, 2.75) is 13.3 Å². The molecule has 2 aromatic rings. The van der Waals surface area contributed by atoms with Gasteiger partial charge in [0.05, 0.1) is 0 Å². The standard InChI is InChI=1S/C10H8Br.C5H5.4CH3.Si.Zr/c1-7-5-8-3-2-4-10(11)9(8)6-7;1-2-4-5-3-1;;;;;;/h2-6H,1H3;1-3H,4H2;4*1H3;;/q6*-1;;. The van der Waals surface area contributed by atoms with Crippen molar-refractivity contribution in [3.63, 3.8) is 0 Å². The molecule has 0 atom stereocenters. The molecule has 2 aromatic carbocycles. The maximum atomic E-state index is 3.51. The first-order valence-corrected chi connectivity index (χ1v) is 10.5. The molecule has 0 bridgehead atoms. The van der Waals surface area contributed by atoms with Crippen LogP contribution in [0.1, 0.15) is 12.0 Å². The van der Waals surface area contributed by atoms with Gasteiger partial charge in [-0.05, 0) is 4.47 Å². The fourth-order valence-corrected chi connectivity index (χ4v) is 2.18. The van der Waals surface area contributed by atoms with Crippen LogP contribution in [0.15, 0.2) is 53.0 Å². The molecule has 0 nitrogen and oxygen atoms in total. The Kier molecular flexibility index (Phi) is 23.4. The maximum absolute atomic E-state index is 3.51. The van der Waals surface area contributed by atoms with Crippen LogP contribution >= 0.6 is 15.9 Å². The van der Waals surface area contributed by atoms with Crippen LogP contribution in [0.25, 0.3) is 10.8 Å². The Hall–Kier alpha value is -0.110. The third-order valence-electron chi connectivity index (χ3n) is 2.43. The summed E-state index contributed by atoms with van der Waals surface area (Å²) in [6, 6.07) is 10.7. The molecule has 0 heterocycles. The van der Waals surface area contributed by atoms with E-state index >= 15 is 0 Å². The molecular formula is C19H25BrSiZr-6. The summed E-state index contributed by atoms with van der Waals surface area (Å²) in [6.45, 7) is 5.18. The predicted molar refractivity (Wildman–Crippen MR) is 105 cm³/mol. The number of fused-ring (bicyclic) bond motifs is 1. The van der Waals surface area contributed by atoms with Gasteiger partial charge in [0.15, 0.2) is 0 Å². The molecule has 0 N–H and O–H groups in total. The Bertz CT molecular complexity index is 546. The van der Waals surface area contributed by atoms with Crippen LogP contribution in [0.3, 0.4) is 0 Å². The molecule has 0 unspecified atom stereocenters. The Balaban J connectivity index is -0.000000129. The second-order valence-corrected chi connectivity index (χ2v) is 4.63. The third-order valence-corrected chi connectivity index (χ3v) is 3.12. The molecule has 122 valence electrons. The van der Waals surface area contributed by atoms with Crippen molar-refractivity contribution in [2.24, 2.45) is 0 Å². The molecule has 0 spiro atoms. The SMILES string of the molecule is Cc1cc2c(Br)cccc2[cH-]1.[C-]1=CC=CC1.[CH3-].[CH3-].[CH3-].[CH3-].[Si]=[Zr]. The first kappa shape index (κ1) is 29.8. The van der Waals surface area contributed by atoms with E-state index in [9.17, 15) is 0 Å². The van der Waals surface area contributed by atoms with Crippen molar-refractivity contribution >= 4 is 33.6 Å². The van der Waals surface area contributed by atoms with Crippen molar-refractivity contribution in [3.8, 4) is 0 Å². The summed E-state index contributed by atoms with van der Waals surface area (Å²) in [4.78, 5) is 0. The van der Waals surface area contributed by atoms with Gasteiger partial charge in [-0.2, -0.15) is 12.1 Å². The minimum atomic E-state index is 0. The van der Waals surface area contributed by atoms with E-state index in [1.54, 1.807) is 0 Å². The molecule has 3 rings (SSSR count). The van der Waals surface area contributed by atoms with Crippen LogP contribution in [0.4, 0.5) is 0 Å². The average molecular weight is 453 g/mol. The first-order chi connectivity index (χ1) is 8.77. The van der Waals surface area contributed by atoms with Crippen LogP contribution in [-0.4, -0.2) is 6.88 Å². The summed E-state index contributed by atoms with van der Waals surface area (Å²) >= 11 is 4.87. The van der Waals surface area contributed by atoms with Crippen LogP contribution < -0.4 is 0 Å². The number of hydrogen-bond donors (Lipinski definition) is 0. The van der Waals surface area contributed by atoms with Gasteiger partial charge >= 0.3 is 30.2 Å². The Morgan fingerprint density at radius 1 is 1.18 bits per heavy atom. The van der Waals surface area contributed by atoms with Crippen LogP contribution in [-0.2, 0) is 23.3 Å². The second kappa shape index (κ2) is 17.2. The van der Waals surface area contributed by atoms with Crippen molar-refractivity contribution in [1.29, 1.82) is 0 Å². The molecule has 0 aromatic heterocycles. The van der Waals surface area contributed by atoms with Gasteiger partial charge in [0.2, 0.25) is 0 Å². The van der Waals surface area contributed by atoms with E-state index in [1.165, 1.54) is 44.1 Å². The predicted octanol–water partition coefficient (Wildman–Crippen LogP) is 6.35. The zero-order chi connectivity index (χ0) is 13.4. The zero-order valence-electron chi connectivity index (χ0n) is 14.2. The molecular weight excluding hydrogens is 427 g/mol. The van der Waals surface area contributed by atoms with Gasteiger partial charge < -0.3 is 29.7 Å². The topological polar surface area (TPSA) is 0 Å². The van der Waals surface area contributed by atoms with E-state index in [0.717, 1.165) is 6.42 Å². The summed E-state index contributed by atoms with van der Waals surface area (Å²) in [5.74, 6) is 0. The second-order valence-electron chi connectivity index (χ2n) is 3.78. The number of rotatable bonds is 0. The van der Waals surface area contributed by atoms with E-state index in [4.69, 9.17) is 0 Å². The molecule has 2 radical (unpaired) electrons. The van der Waals surface area contributed by atoms with Gasteiger partial charge in [-0.3, -0.25) is 6.08 Å². The van der Waals surface area contributed by atoms with E-state index in [2.05, 4.69) is 72.2 Å². The van der Waals surface area contributed by atoms with E-state index in [0.29, 0.717) is 0 Å². The van der Waals surface area contributed by atoms with E-state index < -0.39 is 0 Å². The number of hydrogen-bond acceptors (Lipinski definition) is 0. The summed E-state index contributed by atoms with van der Waals surface area (Å²) in [6.07, 6.45) is 10.0. The number of allylic oxidation sites excluding steroid dienone is 4. The van der Waals surface area contributed by atoms with Crippen LogP contribution in [0.5, 0.6) is 0 Å². The summed E-state index contributed by atoms with van der Waals surface area (Å²) in [5.41, 5.74) is 1.33. The molecule has 1 aliphatic rings. The molecule has 0 fully saturated rings. The van der Waals surface area contributed by atoms with Gasteiger partial charge in [-0.15, -0.1) is 41.0 Å². The van der Waals surface area contributed by atoms with Crippen molar-refractivity contribution in [3.05, 3.63) is 94.4 Å². The number of aryl methyl sites for hydroxylation is 1. The van der Waals surface area contributed by atoms with Gasteiger partial charge in [-0.25, -0.2) is 12.2 Å². The first-order valence-electron chi connectivity index (χ1n) is 5.55. The summed E-state index contributed by atoms with van der Waals surface area (Å²) in [7, 11) is 0. The fraction of sp³-hybridized carbons (Fsp3) is 0.105. The van der Waals surface area contributed by atoms with E-state index in [1.807, 2.05) is 12.2 Å².